The van der Waals surface area contributed by atoms with Crippen LogP contribution in [0.4, 0.5) is 10.2 Å². The van der Waals surface area contributed by atoms with Crippen molar-refractivity contribution in [2.24, 2.45) is 7.05 Å². The van der Waals surface area contributed by atoms with Crippen LogP contribution in [0.3, 0.4) is 0 Å². The number of hydrogen-bond donors (Lipinski definition) is 1. The normalized spacial score (nSPS) is 13.6. The molecule has 7 heteroatoms. The Morgan fingerprint density at radius 3 is 3.03 bits per heavy atom. The molecule has 0 saturated carbocycles. The fraction of sp³-hybridized carbons (Fsp3) is 0.227. The van der Waals surface area contributed by atoms with Gasteiger partial charge in [-0.2, -0.15) is 0 Å². The molecule has 148 valence electrons. The van der Waals surface area contributed by atoms with Gasteiger partial charge in [-0.25, -0.2) is 9.37 Å². The van der Waals surface area contributed by atoms with Crippen LogP contribution in [0.5, 0.6) is 0 Å². The van der Waals surface area contributed by atoms with Crippen LogP contribution in [0, 0.1) is 5.82 Å². The lowest BCUT2D eigenvalue weighted by atomic mass is 10.0. The molecule has 4 rings (SSSR count). The third kappa shape index (κ3) is 3.76. The SMILES string of the molecule is CN(Cc1cn(C)c2cccc(F)c12)C(=O)C=Cc1cnc2c(c1)CCC(=O)N2. The number of aromatic nitrogens is 2. The number of aryl methyl sites for hydroxylation is 2. The molecular weight excluding hydrogens is 371 g/mol. The average Bonchev–Trinajstić information content (AvgIpc) is 3.02. The molecule has 1 aliphatic heterocycles. The molecule has 1 N–H and O–H groups in total. The number of pyridine rings is 1. The lowest BCUT2D eigenvalue weighted by Gasteiger charge is -2.16. The average molecular weight is 392 g/mol. The van der Waals surface area contributed by atoms with E-state index in [1.807, 2.05) is 29.9 Å². The number of amides is 2. The molecule has 3 aromatic rings. The van der Waals surface area contributed by atoms with Gasteiger partial charge < -0.3 is 14.8 Å². The Morgan fingerprint density at radius 1 is 1.38 bits per heavy atom. The maximum Gasteiger partial charge on any atom is 0.246 e. The second-order valence-corrected chi connectivity index (χ2v) is 7.25. The lowest BCUT2D eigenvalue weighted by Crippen LogP contribution is -2.24. The highest BCUT2D eigenvalue weighted by Gasteiger charge is 2.16. The van der Waals surface area contributed by atoms with Gasteiger partial charge in [0.05, 0.1) is 5.52 Å². The van der Waals surface area contributed by atoms with E-state index in [4.69, 9.17) is 0 Å². The van der Waals surface area contributed by atoms with E-state index < -0.39 is 0 Å². The summed E-state index contributed by atoms with van der Waals surface area (Å²) in [7, 11) is 3.55. The van der Waals surface area contributed by atoms with E-state index in [9.17, 15) is 14.0 Å². The number of fused-ring (bicyclic) bond motifs is 2. The molecule has 0 atom stereocenters. The number of halogens is 1. The highest BCUT2D eigenvalue weighted by atomic mass is 19.1. The number of nitrogens with one attached hydrogen (secondary N) is 1. The Hall–Kier alpha value is -3.48. The van der Waals surface area contributed by atoms with Crippen LogP contribution < -0.4 is 5.32 Å². The third-order valence-corrected chi connectivity index (χ3v) is 5.11. The first-order valence-corrected chi connectivity index (χ1v) is 9.37. The minimum absolute atomic E-state index is 0.0324. The zero-order valence-electron chi connectivity index (χ0n) is 16.3. The van der Waals surface area contributed by atoms with Crippen molar-refractivity contribution in [3.8, 4) is 0 Å². The van der Waals surface area contributed by atoms with Crippen molar-refractivity contribution < 1.29 is 14.0 Å². The number of carbonyl (C=O) groups is 2. The number of benzene rings is 1. The zero-order chi connectivity index (χ0) is 20.5. The fourth-order valence-electron chi connectivity index (χ4n) is 3.61. The van der Waals surface area contributed by atoms with Crippen molar-refractivity contribution in [3.05, 3.63) is 65.2 Å². The molecule has 0 spiro atoms. The number of likely N-dealkylation sites (N-methyl/N-ethyl adjacent to an activating group) is 1. The van der Waals surface area contributed by atoms with Crippen molar-refractivity contribution >= 4 is 34.6 Å². The van der Waals surface area contributed by atoms with Crippen LogP contribution >= 0.6 is 0 Å². The third-order valence-electron chi connectivity index (χ3n) is 5.11. The fourth-order valence-corrected chi connectivity index (χ4v) is 3.61. The topological polar surface area (TPSA) is 67.2 Å². The van der Waals surface area contributed by atoms with E-state index in [2.05, 4.69) is 10.3 Å². The van der Waals surface area contributed by atoms with Gasteiger partial charge in [-0.05, 0) is 47.4 Å². The van der Waals surface area contributed by atoms with E-state index in [1.165, 1.54) is 12.1 Å². The molecule has 2 amide bonds. The van der Waals surface area contributed by atoms with Gasteiger partial charge in [0.15, 0.2) is 0 Å². The van der Waals surface area contributed by atoms with Gasteiger partial charge in [-0.15, -0.1) is 0 Å². The summed E-state index contributed by atoms with van der Waals surface area (Å²) in [6, 6.07) is 6.89. The molecule has 0 bridgehead atoms. The molecular formula is C22H21FN4O2. The summed E-state index contributed by atoms with van der Waals surface area (Å²) in [5.74, 6) is 0.0703. The number of nitrogens with zero attached hydrogens (tertiary/aromatic N) is 3. The Bertz CT molecular complexity index is 1150. The Kier molecular flexibility index (Phi) is 4.88. The summed E-state index contributed by atoms with van der Waals surface area (Å²) in [5, 5.41) is 3.28. The predicted molar refractivity (Wildman–Crippen MR) is 110 cm³/mol. The van der Waals surface area contributed by atoms with E-state index >= 15 is 0 Å². The minimum Gasteiger partial charge on any atom is -0.350 e. The maximum atomic E-state index is 14.3. The van der Waals surface area contributed by atoms with Gasteiger partial charge in [-0.3, -0.25) is 9.59 Å². The summed E-state index contributed by atoms with van der Waals surface area (Å²) < 4.78 is 16.1. The highest BCUT2D eigenvalue weighted by Crippen LogP contribution is 2.25. The molecule has 0 fully saturated rings. The van der Waals surface area contributed by atoms with Crippen molar-refractivity contribution in [1.82, 2.24) is 14.5 Å². The predicted octanol–water partition coefficient (Wildman–Crippen LogP) is 3.27. The standard InChI is InChI=1S/C22H21FN4O2/c1-26-12-16(21-17(23)4-3-5-18(21)26)13-27(2)20(29)9-6-14-10-15-7-8-19(28)25-22(15)24-11-14/h3-6,9-12H,7-8,13H2,1-2H3,(H,24,25,28). The van der Waals surface area contributed by atoms with Gasteiger partial charge in [0, 0.05) is 50.9 Å². The molecule has 2 aromatic heterocycles. The number of rotatable bonds is 4. The van der Waals surface area contributed by atoms with Crippen molar-refractivity contribution in [2.75, 3.05) is 12.4 Å². The first-order chi connectivity index (χ1) is 13.9. The first-order valence-electron chi connectivity index (χ1n) is 9.37. The first kappa shape index (κ1) is 18.9. The van der Waals surface area contributed by atoms with Crippen LogP contribution in [-0.4, -0.2) is 33.3 Å². The molecule has 0 saturated heterocycles. The Labute approximate surface area is 167 Å². The van der Waals surface area contributed by atoms with Crippen LogP contribution in [0.25, 0.3) is 17.0 Å². The van der Waals surface area contributed by atoms with Gasteiger partial charge in [0.25, 0.3) is 0 Å². The largest absolute Gasteiger partial charge is 0.350 e. The van der Waals surface area contributed by atoms with E-state index in [-0.39, 0.29) is 17.6 Å². The van der Waals surface area contributed by atoms with Crippen LogP contribution in [0.1, 0.15) is 23.1 Å². The monoisotopic (exact) mass is 392 g/mol. The lowest BCUT2D eigenvalue weighted by molar-refractivity contribution is -0.125. The number of carbonyl (C=O) groups excluding carboxylic acids is 2. The molecule has 0 aliphatic carbocycles. The molecule has 1 aliphatic rings. The van der Waals surface area contributed by atoms with Gasteiger partial charge >= 0.3 is 0 Å². The van der Waals surface area contributed by atoms with Crippen molar-refractivity contribution in [1.29, 1.82) is 0 Å². The van der Waals surface area contributed by atoms with Crippen LogP contribution in [-0.2, 0) is 29.6 Å². The van der Waals surface area contributed by atoms with Gasteiger partial charge in [0.1, 0.15) is 11.6 Å². The second kappa shape index (κ2) is 7.50. The summed E-state index contributed by atoms with van der Waals surface area (Å²) in [5.41, 5.74) is 3.30. The Balaban J connectivity index is 1.49. The highest BCUT2D eigenvalue weighted by molar-refractivity contribution is 5.94. The van der Waals surface area contributed by atoms with Crippen LogP contribution in [0.2, 0.25) is 0 Å². The second-order valence-electron chi connectivity index (χ2n) is 7.25. The van der Waals surface area contributed by atoms with E-state index in [1.54, 1.807) is 30.3 Å². The molecule has 0 unspecified atom stereocenters. The van der Waals surface area contributed by atoms with Gasteiger partial charge in [-0.1, -0.05) is 6.07 Å². The molecule has 6 nitrogen and oxygen atoms in total. The quantitative estimate of drug-likeness (QED) is 0.693. The van der Waals surface area contributed by atoms with Crippen molar-refractivity contribution in [3.63, 3.8) is 0 Å². The molecule has 1 aromatic carbocycles. The molecule has 29 heavy (non-hydrogen) atoms. The summed E-state index contributed by atoms with van der Waals surface area (Å²) in [6.07, 6.45) is 7.72. The summed E-state index contributed by atoms with van der Waals surface area (Å²) in [6.45, 7) is 0.302. The summed E-state index contributed by atoms with van der Waals surface area (Å²) >= 11 is 0. The number of anilines is 1. The van der Waals surface area contributed by atoms with Gasteiger partial charge in [0.2, 0.25) is 11.8 Å². The zero-order valence-corrected chi connectivity index (χ0v) is 16.3. The van der Waals surface area contributed by atoms with Crippen LogP contribution in [0.15, 0.2) is 42.7 Å². The summed E-state index contributed by atoms with van der Waals surface area (Å²) in [4.78, 5) is 29.8. The van der Waals surface area contributed by atoms with E-state index in [0.29, 0.717) is 30.6 Å². The minimum atomic E-state index is -0.290. The maximum absolute atomic E-state index is 14.3. The Morgan fingerprint density at radius 2 is 2.21 bits per heavy atom. The van der Waals surface area contributed by atoms with E-state index in [0.717, 1.165) is 22.2 Å². The van der Waals surface area contributed by atoms with Crippen molar-refractivity contribution in [2.45, 2.75) is 19.4 Å². The smallest absolute Gasteiger partial charge is 0.246 e. The molecule has 0 radical (unpaired) electrons. The number of hydrogen-bond acceptors (Lipinski definition) is 3. The molecule has 3 heterocycles.